The molecule has 2 aliphatic rings. The van der Waals surface area contributed by atoms with Crippen LogP contribution in [0.1, 0.15) is 5.69 Å². The van der Waals surface area contributed by atoms with Crippen molar-refractivity contribution in [1.29, 1.82) is 0 Å². The second-order valence-corrected chi connectivity index (χ2v) is 10.2. The van der Waals surface area contributed by atoms with Gasteiger partial charge in [-0.25, -0.2) is 9.59 Å². The normalized spacial score (nSPS) is 19.1. The Morgan fingerprint density at radius 2 is 2.18 bits per heavy atom. The largest absolute Gasteiger partial charge is 0.477 e. The first-order valence-corrected chi connectivity index (χ1v) is 13.1. The Morgan fingerprint density at radius 1 is 1.34 bits per heavy atom. The Morgan fingerprint density at radius 3 is 2.92 bits per heavy atom. The van der Waals surface area contributed by atoms with Gasteiger partial charge in [0.05, 0.1) is 17.5 Å². The molecule has 0 aromatic carbocycles. The zero-order chi connectivity index (χ0) is 26.8. The second kappa shape index (κ2) is 10.6. The van der Waals surface area contributed by atoms with E-state index in [1.165, 1.54) is 36.0 Å². The van der Waals surface area contributed by atoms with Gasteiger partial charge in [-0.2, -0.15) is 9.67 Å². The average molecular weight is 558 g/mol. The lowest BCUT2D eigenvalue weighted by atomic mass is 10.0. The molecule has 38 heavy (non-hydrogen) atoms. The molecule has 1 fully saturated rings. The van der Waals surface area contributed by atoms with Gasteiger partial charge >= 0.3 is 11.9 Å². The van der Waals surface area contributed by atoms with Crippen molar-refractivity contribution in [2.24, 2.45) is 5.16 Å². The SMILES string of the molecule is COC(=O)CO/N=C(/C(=O)NC1C(=O)N2C(C(=O)O)=C(C[n+]3cccc4sccc43)CS[C@H]12)c1ccn[nH]1. The minimum atomic E-state index is -1.21. The number of aromatic nitrogens is 3. The van der Waals surface area contributed by atoms with E-state index in [1.807, 2.05) is 34.3 Å². The van der Waals surface area contributed by atoms with Gasteiger partial charge in [0.2, 0.25) is 12.1 Å². The second-order valence-electron chi connectivity index (χ2n) is 8.18. The van der Waals surface area contributed by atoms with E-state index in [0.717, 1.165) is 10.2 Å². The van der Waals surface area contributed by atoms with E-state index in [9.17, 15) is 24.3 Å². The fraction of sp³-hybridized carbons (Fsp3) is 0.261. The Labute approximate surface area is 223 Å². The number of thiophene rings is 1. The van der Waals surface area contributed by atoms with Gasteiger partial charge in [-0.15, -0.1) is 23.1 Å². The molecule has 13 nitrogen and oxygen atoms in total. The summed E-state index contributed by atoms with van der Waals surface area (Å²) in [6, 6.07) is 6.33. The molecule has 1 saturated heterocycles. The third-order valence-electron chi connectivity index (χ3n) is 5.93. The molecule has 0 saturated carbocycles. The molecule has 3 aromatic heterocycles. The molecular formula is C23H21N6O7S2+. The van der Waals surface area contributed by atoms with Crippen molar-refractivity contribution in [2.45, 2.75) is 18.0 Å². The summed E-state index contributed by atoms with van der Waals surface area (Å²) in [6.45, 7) is -0.215. The molecule has 196 valence electrons. The van der Waals surface area contributed by atoms with Gasteiger partial charge in [0.1, 0.15) is 17.1 Å². The maximum Gasteiger partial charge on any atom is 0.352 e. The molecule has 0 spiro atoms. The lowest BCUT2D eigenvalue weighted by Gasteiger charge is -2.49. The number of nitrogens with zero attached hydrogens (tertiary/aromatic N) is 4. The number of carbonyl (C=O) groups excluding carboxylic acids is 3. The Bertz CT molecular complexity index is 1480. The topological polar surface area (TPSA) is 167 Å². The van der Waals surface area contributed by atoms with Crippen molar-refractivity contribution in [3.05, 3.63) is 59.0 Å². The number of methoxy groups -OCH3 is 1. The van der Waals surface area contributed by atoms with Crippen LogP contribution in [0.25, 0.3) is 10.2 Å². The van der Waals surface area contributed by atoms with Gasteiger partial charge < -0.3 is 20.0 Å². The van der Waals surface area contributed by atoms with Gasteiger partial charge in [-0.05, 0) is 17.5 Å². The Kier molecular flexibility index (Phi) is 7.11. The summed E-state index contributed by atoms with van der Waals surface area (Å²) in [4.78, 5) is 55.9. The predicted octanol–water partition coefficient (Wildman–Crippen LogP) is 0.244. The van der Waals surface area contributed by atoms with Crippen molar-refractivity contribution in [3.8, 4) is 0 Å². The van der Waals surface area contributed by atoms with Gasteiger partial charge in [0.15, 0.2) is 18.5 Å². The third-order valence-corrected chi connectivity index (χ3v) is 8.14. The standard InChI is InChI=1S/C23H20N6O7S2/c1-35-16(30)10-36-27-17(13-4-6-24-26-13)20(31)25-18-21(32)29-19(23(33)34)12(11-38-22(18)29)9-28-7-2-3-15-14(28)5-8-37-15/h2-8,18,22H,9-11H2,1H3,(H2-,24,25,26,27,31,33,34)/p+1/t18?,22-/m1/s1. The summed E-state index contributed by atoms with van der Waals surface area (Å²) >= 11 is 2.95. The van der Waals surface area contributed by atoms with Crippen molar-refractivity contribution in [2.75, 3.05) is 19.5 Å². The van der Waals surface area contributed by atoms with E-state index < -0.39 is 41.8 Å². The smallest absolute Gasteiger partial charge is 0.352 e. The highest BCUT2D eigenvalue weighted by atomic mass is 32.2. The van der Waals surface area contributed by atoms with Gasteiger partial charge in [-0.3, -0.25) is 19.6 Å². The number of pyridine rings is 1. The summed E-state index contributed by atoms with van der Waals surface area (Å²) in [5.41, 5.74) is 1.44. The predicted molar refractivity (Wildman–Crippen MR) is 135 cm³/mol. The van der Waals surface area contributed by atoms with E-state index in [2.05, 4.69) is 25.4 Å². The minimum absolute atomic E-state index is 0.0761. The number of esters is 1. The maximum atomic E-state index is 13.1. The van der Waals surface area contributed by atoms with Crippen LogP contribution in [0.5, 0.6) is 0 Å². The first-order chi connectivity index (χ1) is 18.4. The number of ether oxygens (including phenoxy) is 1. The van der Waals surface area contributed by atoms with Crippen LogP contribution in [0, 0.1) is 0 Å². The molecule has 5 rings (SSSR count). The highest BCUT2D eigenvalue weighted by Crippen LogP contribution is 2.40. The van der Waals surface area contributed by atoms with E-state index >= 15 is 0 Å². The fourth-order valence-corrected chi connectivity index (χ4v) is 6.30. The van der Waals surface area contributed by atoms with Crippen molar-refractivity contribution in [3.63, 3.8) is 0 Å². The molecule has 5 heterocycles. The average Bonchev–Trinajstić information content (AvgIpc) is 3.62. The maximum absolute atomic E-state index is 13.1. The monoisotopic (exact) mass is 557 g/mol. The van der Waals surface area contributed by atoms with Crippen LogP contribution in [-0.2, 0) is 35.3 Å². The zero-order valence-electron chi connectivity index (χ0n) is 19.8. The summed E-state index contributed by atoms with van der Waals surface area (Å²) < 4.78 is 7.50. The van der Waals surface area contributed by atoms with E-state index in [-0.39, 0.29) is 17.1 Å². The number of carboxylic acid groups (broad SMARTS) is 1. The number of thioether (sulfide) groups is 1. The number of aromatic amines is 1. The van der Waals surface area contributed by atoms with Crippen LogP contribution in [-0.4, -0.2) is 80.6 Å². The molecule has 2 atom stereocenters. The number of β-lactam (4-membered cyclic amide) rings is 1. The molecule has 0 bridgehead atoms. The van der Waals surface area contributed by atoms with Crippen LogP contribution in [0.2, 0.25) is 0 Å². The number of amides is 2. The minimum Gasteiger partial charge on any atom is -0.477 e. The molecular weight excluding hydrogens is 536 g/mol. The molecule has 1 unspecified atom stereocenters. The molecule has 0 aliphatic carbocycles. The van der Waals surface area contributed by atoms with Crippen LogP contribution in [0.4, 0.5) is 0 Å². The summed E-state index contributed by atoms with van der Waals surface area (Å²) in [5.74, 6) is -2.86. The highest BCUT2D eigenvalue weighted by Gasteiger charge is 2.54. The lowest BCUT2D eigenvalue weighted by molar-refractivity contribution is -0.663. The number of nitrogens with one attached hydrogen (secondary N) is 2. The van der Waals surface area contributed by atoms with Crippen LogP contribution >= 0.6 is 23.1 Å². The number of fused-ring (bicyclic) bond motifs is 2. The van der Waals surface area contributed by atoms with Crippen molar-refractivity contribution in [1.82, 2.24) is 20.4 Å². The first kappa shape index (κ1) is 25.4. The van der Waals surface area contributed by atoms with E-state index in [4.69, 9.17) is 4.84 Å². The highest BCUT2D eigenvalue weighted by molar-refractivity contribution is 8.00. The number of hydrogen-bond acceptors (Lipinski definition) is 10. The summed E-state index contributed by atoms with van der Waals surface area (Å²) in [6.07, 6.45) is 3.27. The quantitative estimate of drug-likeness (QED) is 0.110. The number of carboxylic acids is 1. The van der Waals surface area contributed by atoms with E-state index in [1.54, 1.807) is 11.3 Å². The third kappa shape index (κ3) is 4.72. The fourth-order valence-electron chi connectivity index (χ4n) is 4.16. The number of aliphatic carboxylic acids is 1. The van der Waals surface area contributed by atoms with Gasteiger partial charge in [-0.1, -0.05) is 5.16 Å². The van der Waals surface area contributed by atoms with Crippen LogP contribution < -0.4 is 9.88 Å². The van der Waals surface area contributed by atoms with Gasteiger partial charge in [0.25, 0.3) is 11.8 Å². The summed E-state index contributed by atoms with van der Waals surface area (Å²) in [7, 11) is 1.18. The lowest BCUT2D eigenvalue weighted by Crippen LogP contribution is -2.71. The van der Waals surface area contributed by atoms with Gasteiger partial charge in [0, 0.05) is 29.7 Å². The summed E-state index contributed by atoms with van der Waals surface area (Å²) in [5, 5.41) is 24.0. The molecule has 2 amide bonds. The van der Waals surface area contributed by atoms with E-state index in [0.29, 0.717) is 17.9 Å². The number of oxime groups is 1. The number of rotatable bonds is 9. The van der Waals surface area contributed by atoms with Crippen molar-refractivity contribution >= 4 is 62.8 Å². The first-order valence-electron chi connectivity index (χ1n) is 11.2. The zero-order valence-corrected chi connectivity index (χ0v) is 21.5. The molecule has 0 radical (unpaired) electrons. The number of carbonyl (C=O) groups is 4. The number of H-pyrrole nitrogens is 1. The van der Waals surface area contributed by atoms with Crippen LogP contribution in [0.3, 0.4) is 0 Å². The molecule has 3 N–H and O–H groups in total. The Balaban J connectivity index is 1.34. The molecule has 15 heteroatoms. The molecule has 3 aromatic rings. The molecule has 2 aliphatic heterocycles. The number of hydrogen-bond donors (Lipinski definition) is 3. The van der Waals surface area contributed by atoms with Crippen LogP contribution in [0.15, 0.2) is 58.5 Å². The van der Waals surface area contributed by atoms with Crippen molar-refractivity contribution < 1.29 is 38.4 Å². The Hall–Kier alpha value is -4.24.